The lowest BCUT2D eigenvalue weighted by molar-refractivity contribution is -0.127. The molecule has 5 rings (SSSR count). The highest BCUT2D eigenvalue weighted by Crippen LogP contribution is 2.33. The molecule has 2 saturated heterocycles. The van der Waals surface area contributed by atoms with Crippen molar-refractivity contribution in [2.24, 2.45) is 0 Å². The number of likely N-dealkylation sites (tertiary alicyclic amines) is 1. The maximum absolute atomic E-state index is 13.0. The lowest BCUT2D eigenvalue weighted by Gasteiger charge is -2.47. The largest absolute Gasteiger partial charge is 0.506 e. The highest BCUT2D eigenvalue weighted by molar-refractivity contribution is 7.16. The molecule has 0 radical (unpaired) electrons. The van der Waals surface area contributed by atoms with Gasteiger partial charge in [-0.2, -0.15) is 0 Å². The number of morpholine rings is 1. The number of aliphatic hydroxyl groups excluding tert-OH is 1. The van der Waals surface area contributed by atoms with E-state index in [1.807, 2.05) is 16.3 Å². The van der Waals surface area contributed by atoms with Gasteiger partial charge in [0.2, 0.25) is 0 Å². The van der Waals surface area contributed by atoms with E-state index in [9.17, 15) is 19.8 Å². The quantitative estimate of drug-likeness (QED) is 0.173. The average molecular weight is 651 g/mol. The van der Waals surface area contributed by atoms with Gasteiger partial charge >= 0.3 is 4.87 Å². The monoisotopic (exact) mass is 650 g/mol. The van der Waals surface area contributed by atoms with Crippen molar-refractivity contribution < 1.29 is 19.7 Å². The van der Waals surface area contributed by atoms with Crippen LogP contribution in [0.5, 0.6) is 5.75 Å². The van der Waals surface area contributed by atoms with Gasteiger partial charge in [0.05, 0.1) is 35.1 Å². The summed E-state index contributed by atoms with van der Waals surface area (Å²) in [6.45, 7) is 6.29. The number of aromatic hydroxyl groups is 1. The molecule has 2 aliphatic heterocycles. The smallest absolute Gasteiger partial charge is 0.305 e. The second kappa shape index (κ2) is 15.3. The number of halogens is 1. The molecule has 2 aliphatic rings. The maximum atomic E-state index is 13.0. The summed E-state index contributed by atoms with van der Waals surface area (Å²) in [7, 11) is 0. The van der Waals surface area contributed by atoms with Crippen molar-refractivity contribution in [3.63, 3.8) is 0 Å². The summed E-state index contributed by atoms with van der Waals surface area (Å²) < 4.78 is 7.43. The Bertz CT molecular complexity index is 1400. The molecule has 4 heterocycles. The van der Waals surface area contributed by atoms with Gasteiger partial charge in [0.1, 0.15) is 15.6 Å². The van der Waals surface area contributed by atoms with Crippen molar-refractivity contribution in [3.8, 4) is 5.75 Å². The maximum Gasteiger partial charge on any atom is 0.305 e. The molecule has 1 aromatic carbocycles. The van der Waals surface area contributed by atoms with Crippen molar-refractivity contribution >= 4 is 50.4 Å². The molecule has 1 spiro atoms. The van der Waals surface area contributed by atoms with Gasteiger partial charge in [-0.25, -0.2) is 0 Å². The Kier molecular flexibility index (Phi) is 11.6. The van der Waals surface area contributed by atoms with Crippen LogP contribution in [0.3, 0.4) is 0 Å². The number of benzene rings is 1. The Morgan fingerprint density at radius 1 is 1.09 bits per heavy atom. The first-order chi connectivity index (χ1) is 20.8. The van der Waals surface area contributed by atoms with Crippen LogP contribution in [0.25, 0.3) is 10.2 Å². The molecule has 236 valence electrons. The van der Waals surface area contributed by atoms with Crippen LogP contribution < -0.4 is 10.2 Å². The Morgan fingerprint density at radius 2 is 1.84 bits per heavy atom. The third kappa shape index (κ3) is 8.39. The van der Waals surface area contributed by atoms with Crippen molar-refractivity contribution in [1.29, 1.82) is 0 Å². The molecule has 1 unspecified atom stereocenters. The average Bonchev–Trinajstić information content (AvgIpc) is 3.62. The predicted molar refractivity (Wildman–Crippen MR) is 174 cm³/mol. The molecule has 4 N–H and O–H groups in total. The molecule has 43 heavy (non-hydrogen) atoms. The molecule has 0 saturated carbocycles. The number of nitrogens with zero attached hydrogens (tertiary/aromatic N) is 2. The van der Waals surface area contributed by atoms with Crippen molar-refractivity contribution in [1.82, 2.24) is 20.1 Å². The standard InChI is InChI=1S/C31H43ClN4O5S2/c32-28-23(10-19-42-28)29(39)36-17-18-41-31(21-36)11-15-35(16-12-31)14-7-5-3-1-2-4-6-13-33-20-25(38)22-8-9-24(37)26-27(22)43-30(40)34-26/h8-10,19,25,33,37-38H,1-7,11-18,20-21H2,(H,34,40). The predicted octanol–water partition coefficient (Wildman–Crippen LogP) is 5.37. The van der Waals surface area contributed by atoms with E-state index >= 15 is 0 Å². The summed E-state index contributed by atoms with van der Waals surface area (Å²) in [6.07, 6.45) is 9.61. The Hall–Kier alpha value is -1.99. The number of rotatable bonds is 14. The van der Waals surface area contributed by atoms with Gasteiger partial charge in [0.15, 0.2) is 0 Å². The van der Waals surface area contributed by atoms with Crippen LogP contribution in [0, 0.1) is 0 Å². The molecular formula is C31H43ClN4O5S2. The van der Waals surface area contributed by atoms with Crippen LogP contribution in [0.15, 0.2) is 28.4 Å². The number of H-pyrrole nitrogens is 1. The van der Waals surface area contributed by atoms with Crippen LogP contribution in [0.1, 0.15) is 79.8 Å². The van der Waals surface area contributed by atoms with Gasteiger partial charge in [-0.05, 0) is 56.3 Å². The van der Waals surface area contributed by atoms with Crippen LogP contribution in [-0.2, 0) is 4.74 Å². The van der Waals surface area contributed by atoms with Crippen molar-refractivity contribution in [2.45, 2.75) is 69.5 Å². The van der Waals surface area contributed by atoms with Crippen LogP contribution in [-0.4, -0.2) is 88.9 Å². The summed E-state index contributed by atoms with van der Waals surface area (Å²) >= 11 is 8.63. The summed E-state index contributed by atoms with van der Waals surface area (Å²) in [4.78, 5) is 31.5. The molecule has 3 aromatic rings. The number of amides is 1. The minimum Gasteiger partial charge on any atom is -0.506 e. The van der Waals surface area contributed by atoms with Gasteiger partial charge in [-0.3, -0.25) is 9.59 Å². The molecule has 2 aromatic heterocycles. The summed E-state index contributed by atoms with van der Waals surface area (Å²) in [5.41, 5.74) is 1.45. The first kappa shape index (κ1) is 32.4. The number of unbranched alkanes of at least 4 members (excludes halogenated alkanes) is 6. The minimum absolute atomic E-state index is 0.0232. The van der Waals surface area contributed by atoms with E-state index in [1.165, 1.54) is 49.5 Å². The molecule has 2 fully saturated rings. The number of fused-ring (bicyclic) bond motifs is 1. The van der Waals surface area contributed by atoms with E-state index in [1.54, 1.807) is 6.07 Å². The van der Waals surface area contributed by atoms with Gasteiger partial charge < -0.3 is 35.1 Å². The molecule has 1 atom stereocenters. The van der Waals surface area contributed by atoms with E-state index in [4.69, 9.17) is 16.3 Å². The SMILES string of the molecule is O=C(c1ccsc1Cl)N1CCOC2(CCN(CCCCCCCCCNCC(O)c3ccc(O)c4[nH]c(=O)sc34)CC2)C1. The lowest BCUT2D eigenvalue weighted by atomic mass is 9.89. The highest BCUT2D eigenvalue weighted by atomic mass is 35.5. The summed E-state index contributed by atoms with van der Waals surface area (Å²) in [6, 6.07) is 5.02. The number of phenolic OH excluding ortho intramolecular Hbond substituents is 1. The second-order valence-corrected chi connectivity index (χ2v) is 14.3. The van der Waals surface area contributed by atoms with Gasteiger partial charge in [-0.1, -0.05) is 61.1 Å². The number of nitrogens with one attached hydrogen (secondary N) is 2. The Morgan fingerprint density at radius 3 is 2.58 bits per heavy atom. The van der Waals surface area contributed by atoms with Crippen LogP contribution in [0.2, 0.25) is 4.34 Å². The number of carbonyl (C=O) groups is 1. The van der Waals surface area contributed by atoms with Gasteiger partial charge in [0.25, 0.3) is 5.91 Å². The molecule has 1 amide bonds. The fourth-order valence-electron chi connectivity index (χ4n) is 6.24. The fourth-order valence-corrected chi connectivity index (χ4v) is 8.06. The number of piperidine rings is 1. The number of carbonyl (C=O) groups excluding carboxylic acids is 1. The molecule has 0 aliphatic carbocycles. The third-order valence-corrected chi connectivity index (χ3v) is 10.9. The normalized spacial score (nSPS) is 18.0. The number of aliphatic hydroxyl groups is 1. The van der Waals surface area contributed by atoms with E-state index in [-0.39, 0.29) is 22.1 Å². The van der Waals surface area contributed by atoms with E-state index < -0.39 is 6.10 Å². The number of thiazole rings is 1. The number of aromatic nitrogens is 1. The van der Waals surface area contributed by atoms with E-state index in [0.717, 1.165) is 63.2 Å². The van der Waals surface area contributed by atoms with Crippen molar-refractivity contribution in [3.05, 3.63) is 48.7 Å². The first-order valence-corrected chi connectivity index (χ1v) is 17.5. The zero-order valence-electron chi connectivity index (χ0n) is 24.6. The minimum atomic E-state index is -0.731. The van der Waals surface area contributed by atoms with Gasteiger partial charge in [0, 0.05) is 31.7 Å². The van der Waals surface area contributed by atoms with Crippen LogP contribution in [0.4, 0.5) is 0 Å². The zero-order valence-corrected chi connectivity index (χ0v) is 27.0. The number of ether oxygens (including phenoxy) is 1. The lowest BCUT2D eigenvalue weighted by Crippen LogP contribution is -2.58. The number of phenols is 1. The highest BCUT2D eigenvalue weighted by Gasteiger charge is 2.41. The zero-order chi connectivity index (χ0) is 30.2. The number of thiophene rings is 1. The number of aromatic amines is 1. The number of hydrogen-bond acceptors (Lipinski definition) is 9. The molecule has 9 nitrogen and oxygen atoms in total. The summed E-state index contributed by atoms with van der Waals surface area (Å²) in [5, 5.41) is 25.7. The van der Waals surface area contributed by atoms with Gasteiger partial charge in [-0.15, -0.1) is 11.3 Å². The number of hydrogen-bond donors (Lipinski definition) is 4. The van der Waals surface area contributed by atoms with Crippen molar-refractivity contribution in [2.75, 3.05) is 52.4 Å². The summed E-state index contributed by atoms with van der Waals surface area (Å²) in [5.74, 6) is 0.0477. The second-order valence-electron chi connectivity index (χ2n) is 11.8. The third-order valence-electron chi connectivity index (χ3n) is 8.76. The Balaban J connectivity index is 0.885. The topological polar surface area (TPSA) is 118 Å². The molecule has 0 bridgehead atoms. The van der Waals surface area contributed by atoms with Crippen LogP contribution >= 0.6 is 34.3 Å². The molecule has 12 heteroatoms. The first-order valence-electron chi connectivity index (χ1n) is 15.5. The fraction of sp³-hybridized carbons (Fsp3) is 0.613. The van der Waals surface area contributed by atoms with E-state index in [0.29, 0.717) is 51.9 Å². The Labute approximate surface area is 265 Å². The van der Waals surface area contributed by atoms with E-state index in [2.05, 4.69) is 15.2 Å². The molecular weight excluding hydrogens is 608 g/mol.